The van der Waals surface area contributed by atoms with Crippen LogP contribution in [0.4, 0.5) is 5.69 Å². The van der Waals surface area contributed by atoms with Gasteiger partial charge in [0.2, 0.25) is 0 Å². The first-order valence-corrected chi connectivity index (χ1v) is 4.06. The minimum atomic E-state index is -1.06. The summed E-state index contributed by atoms with van der Waals surface area (Å²) in [6, 6.07) is 9.07. The van der Waals surface area contributed by atoms with Crippen LogP contribution >= 0.6 is 0 Å². The number of carboxylic acids is 1. The van der Waals surface area contributed by atoms with E-state index < -0.39 is 5.97 Å². The van der Waals surface area contributed by atoms with E-state index >= 15 is 0 Å². The summed E-state index contributed by atoms with van der Waals surface area (Å²) in [5.74, 6) is -1.06. The Morgan fingerprint density at radius 2 is 1.93 bits per heavy atom. The van der Waals surface area contributed by atoms with Gasteiger partial charge in [-0.05, 0) is 12.1 Å². The lowest BCUT2D eigenvalue weighted by Crippen LogP contribution is -2.20. The standard InChI is InChI=1S/C11H11NO2/c1-3-12(9(2)11(13)14)10-7-5-4-6-8-10/h3-8H,1-2H2,(H,13,14). The number of hydrogen-bond acceptors (Lipinski definition) is 2. The Hall–Kier alpha value is -2.03. The molecule has 3 heteroatoms. The lowest BCUT2D eigenvalue weighted by Gasteiger charge is -2.19. The fraction of sp³-hybridized carbons (Fsp3) is 0. The van der Waals surface area contributed by atoms with Crippen molar-refractivity contribution in [1.29, 1.82) is 0 Å². The van der Waals surface area contributed by atoms with E-state index in [9.17, 15) is 4.79 Å². The van der Waals surface area contributed by atoms with Crippen LogP contribution in [0.5, 0.6) is 0 Å². The lowest BCUT2D eigenvalue weighted by molar-refractivity contribution is -0.132. The molecular weight excluding hydrogens is 178 g/mol. The molecular formula is C11H11NO2. The van der Waals surface area contributed by atoms with Crippen LogP contribution in [0, 0.1) is 0 Å². The molecule has 0 saturated carbocycles. The minimum absolute atomic E-state index is 0.0220. The van der Waals surface area contributed by atoms with Crippen LogP contribution in [-0.4, -0.2) is 11.1 Å². The third-order valence-electron chi connectivity index (χ3n) is 1.75. The van der Waals surface area contributed by atoms with E-state index in [1.165, 1.54) is 11.1 Å². The molecule has 0 saturated heterocycles. The van der Waals surface area contributed by atoms with E-state index in [0.29, 0.717) is 0 Å². The molecule has 1 aromatic rings. The van der Waals surface area contributed by atoms with Crippen molar-refractivity contribution >= 4 is 11.7 Å². The normalized spacial score (nSPS) is 9.14. The highest BCUT2D eigenvalue weighted by Crippen LogP contribution is 2.17. The zero-order valence-corrected chi connectivity index (χ0v) is 7.68. The summed E-state index contributed by atoms with van der Waals surface area (Å²) in [4.78, 5) is 12.1. The fourth-order valence-corrected chi connectivity index (χ4v) is 1.06. The largest absolute Gasteiger partial charge is 0.477 e. The Morgan fingerprint density at radius 3 is 2.36 bits per heavy atom. The molecule has 0 aliphatic rings. The second kappa shape index (κ2) is 4.28. The smallest absolute Gasteiger partial charge is 0.352 e. The second-order valence-electron chi connectivity index (χ2n) is 2.64. The molecule has 0 unspecified atom stereocenters. The predicted molar refractivity (Wildman–Crippen MR) is 55.9 cm³/mol. The molecule has 0 spiro atoms. The van der Waals surface area contributed by atoms with Gasteiger partial charge < -0.3 is 10.0 Å². The van der Waals surface area contributed by atoms with Crippen molar-refractivity contribution in [3.8, 4) is 0 Å². The van der Waals surface area contributed by atoms with Gasteiger partial charge in [0.15, 0.2) is 0 Å². The molecule has 0 aliphatic carbocycles. The van der Waals surface area contributed by atoms with Gasteiger partial charge in [-0.2, -0.15) is 0 Å². The van der Waals surface area contributed by atoms with E-state index in [1.54, 1.807) is 12.1 Å². The molecule has 1 aromatic carbocycles. The zero-order valence-electron chi connectivity index (χ0n) is 7.68. The van der Waals surface area contributed by atoms with Crippen LogP contribution < -0.4 is 4.90 Å². The van der Waals surface area contributed by atoms with Crippen LogP contribution in [0.25, 0.3) is 0 Å². The number of para-hydroxylation sites is 1. The molecule has 3 nitrogen and oxygen atoms in total. The molecule has 0 radical (unpaired) electrons. The van der Waals surface area contributed by atoms with Crippen LogP contribution in [-0.2, 0) is 4.79 Å². The molecule has 0 aliphatic heterocycles. The molecule has 14 heavy (non-hydrogen) atoms. The van der Waals surface area contributed by atoms with Gasteiger partial charge in [-0.1, -0.05) is 31.4 Å². The molecule has 0 bridgehead atoms. The van der Waals surface area contributed by atoms with Gasteiger partial charge >= 0.3 is 5.97 Å². The Balaban J connectivity index is 2.99. The number of benzene rings is 1. The SMILES string of the molecule is C=CN(C(=C)C(=O)O)c1ccccc1. The Morgan fingerprint density at radius 1 is 1.36 bits per heavy atom. The van der Waals surface area contributed by atoms with Gasteiger partial charge in [0.25, 0.3) is 0 Å². The summed E-state index contributed by atoms with van der Waals surface area (Å²) >= 11 is 0. The molecule has 1 rings (SSSR count). The number of carboxylic acid groups (broad SMARTS) is 1. The molecule has 0 atom stereocenters. The first-order chi connectivity index (χ1) is 6.66. The van der Waals surface area contributed by atoms with Crippen molar-refractivity contribution in [3.63, 3.8) is 0 Å². The summed E-state index contributed by atoms with van der Waals surface area (Å²) < 4.78 is 0. The Kier molecular flexibility index (Phi) is 3.07. The molecule has 1 N–H and O–H groups in total. The number of nitrogens with zero attached hydrogens (tertiary/aromatic N) is 1. The van der Waals surface area contributed by atoms with E-state index in [-0.39, 0.29) is 5.70 Å². The number of hydrogen-bond donors (Lipinski definition) is 1. The van der Waals surface area contributed by atoms with Gasteiger partial charge in [-0.3, -0.25) is 0 Å². The van der Waals surface area contributed by atoms with Gasteiger partial charge in [0, 0.05) is 11.9 Å². The fourth-order valence-electron chi connectivity index (χ4n) is 1.06. The number of anilines is 1. The highest BCUT2D eigenvalue weighted by molar-refractivity contribution is 5.91. The van der Waals surface area contributed by atoms with E-state index in [1.807, 2.05) is 18.2 Å². The monoisotopic (exact) mass is 189 g/mol. The number of rotatable bonds is 4. The maximum absolute atomic E-state index is 10.7. The van der Waals surface area contributed by atoms with Crippen molar-refractivity contribution in [2.24, 2.45) is 0 Å². The third kappa shape index (κ3) is 2.01. The summed E-state index contributed by atoms with van der Waals surface area (Å²) in [6.07, 6.45) is 1.42. The minimum Gasteiger partial charge on any atom is -0.477 e. The van der Waals surface area contributed by atoms with Crippen molar-refractivity contribution < 1.29 is 9.90 Å². The van der Waals surface area contributed by atoms with E-state index in [0.717, 1.165) is 5.69 Å². The van der Waals surface area contributed by atoms with Gasteiger partial charge in [0.05, 0.1) is 0 Å². The molecule has 0 aromatic heterocycles. The molecule has 72 valence electrons. The number of aliphatic carboxylic acids is 1. The number of carbonyl (C=O) groups is 1. The van der Waals surface area contributed by atoms with E-state index in [2.05, 4.69) is 13.2 Å². The zero-order chi connectivity index (χ0) is 10.6. The predicted octanol–water partition coefficient (Wildman–Crippen LogP) is 2.23. The van der Waals surface area contributed by atoms with Crippen LogP contribution in [0.15, 0.2) is 55.4 Å². The van der Waals surface area contributed by atoms with Crippen molar-refractivity contribution in [2.45, 2.75) is 0 Å². The highest BCUT2D eigenvalue weighted by Gasteiger charge is 2.12. The van der Waals surface area contributed by atoms with Crippen molar-refractivity contribution in [1.82, 2.24) is 0 Å². The lowest BCUT2D eigenvalue weighted by atomic mass is 10.3. The Bertz CT molecular complexity index is 357. The molecule has 0 amide bonds. The maximum Gasteiger partial charge on any atom is 0.352 e. The van der Waals surface area contributed by atoms with Crippen LogP contribution in [0.2, 0.25) is 0 Å². The summed E-state index contributed by atoms with van der Waals surface area (Å²) in [5.41, 5.74) is 0.709. The van der Waals surface area contributed by atoms with Crippen molar-refractivity contribution in [2.75, 3.05) is 4.90 Å². The summed E-state index contributed by atoms with van der Waals surface area (Å²) in [6.45, 7) is 7.00. The van der Waals surface area contributed by atoms with Gasteiger partial charge in [0.1, 0.15) is 5.70 Å². The summed E-state index contributed by atoms with van der Waals surface area (Å²) in [7, 11) is 0. The average molecular weight is 189 g/mol. The Labute approximate surface area is 82.6 Å². The quantitative estimate of drug-likeness (QED) is 0.738. The average Bonchev–Trinajstić information content (AvgIpc) is 2.20. The van der Waals surface area contributed by atoms with Gasteiger partial charge in [-0.15, -0.1) is 0 Å². The van der Waals surface area contributed by atoms with E-state index in [4.69, 9.17) is 5.11 Å². The highest BCUT2D eigenvalue weighted by atomic mass is 16.4. The summed E-state index contributed by atoms with van der Waals surface area (Å²) in [5, 5.41) is 8.76. The van der Waals surface area contributed by atoms with Crippen LogP contribution in [0.1, 0.15) is 0 Å². The second-order valence-corrected chi connectivity index (χ2v) is 2.64. The first-order valence-electron chi connectivity index (χ1n) is 4.06. The van der Waals surface area contributed by atoms with Crippen LogP contribution in [0.3, 0.4) is 0 Å². The maximum atomic E-state index is 10.7. The molecule has 0 fully saturated rings. The first kappa shape index (κ1) is 10.1. The topological polar surface area (TPSA) is 40.5 Å². The third-order valence-corrected chi connectivity index (χ3v) is 1.75. The van der Waals surface area contributed by atoms with Crippen molar-refractivity contribution in [3.05, 3.63) is 55.4 Å². The van der Waals surface area contributed by atoms with Gasteiger partial charge in [-0.25, -0.2) is 4.79 Å². The molecule has 0 heterocycles.